The van der Waals surface area contributed by atoms with E-state index in [1.165, 1.54) is 0 Å². The number of hydrogen-bond donors (Lipinski definition) is 1. The van der Waals surface area contributed by atoms with Crippen LogP contribution in [0.15, 0.2) is 22.9 Å². The van der Waals surface area contributed by atoms with Gasteiger partial charge in [-0.05, 0) is 25.3 Å². The van der Waals surface area contributed by atoms with Crippen molar-refractivity contribution in [2.75, 3.05) is 0 Å². The van der Waals surface area contributed by atoms with Crippen LogP contribution in [-0.4, -0.2) is 14.9 Å². The average molecular weight is 281 g/mol. The molecule has 0 aromatic carbocycles. The van der Waals surface area contributed by atoms with Gasteiger partial charge in [-0.1, -0.05) is 18.5 Å². The molecule has 2 aromatic heterocycles. The summed E-state index contributed by atoms with van der Waals surface area (Å²) in [6.45, 7) is 2.82. The Hall–Kier alpha value is -1.26. The zero-order valence-corrected chi connectivity index (χ0v) is 11.7. The Kier molecular flexibility index (Phi) is 3.15. The number of aryl methyl sites for hydroxylation is 2. The van der Waals surface area contributed by atoms with Crippen molar-refractivity contribution in [3.05, 3.63) is 40.6 Å². The molecule has 0 radical (unpaired) electrons. The van der Waals surface area contributed by atoms with Crippen LogP contribution in [0, 0.1) is 0 Å². The van der Waals surface area contributed by atoms with Gasteiger partial charge in [0.2, 0.25) is 0 Å². The number of furan rings is 1. The van der Waals surface area contributed by atoms with Crippen molar-refractivity contribution in [3.8, 4) is 0 Å². The molecular weight excluding hydrogens is 264 g/mol. The molecule has 102 valence electrons. The molecule has 19 heavy (non-hydrogen) atoms. The molecule has 0 aliphatic heterocycles. The quantitative estimate of drug-likeness (QED) is 0.940. The SMILES string of the molecule is CCCn1ncc(Cl)c1C1(O)CCCc2occc21. The van der Waals surface area contributed by atoms with Crippen LogP contribution in [0.25, 0.3) is 0 Å². The molecule has 0 saturated heterocycles. The Morgan fingerprint density at radius 2 is 2.42 bits per heavy atom. The minimum atomic E-state index is -1.08. The summed E-state index contributed by atoms with van der Waals surface area (Å²) in [6, 6.07) is 1.84. The van der Waals surface area contributed by atoms with Crippen LogP contribution in [0.1, 0.15) is 43.2 Å². The van der Waals surface area contributed by atoms with Crippen LogP contribution in [0.5, 0.6) is 0 Å². The summed E-state index contributed by atoms with van der Waals surface area (Å²) in [6.07, 6.45) is 6.58. The molecule has 1 aliphatic rings. The van der Waals surface area contributed by atoms with E-state index in [0.717, 1.165) is 37.1 Å². The zero-order valence-electron chi connectivity index (χ0n) is 10.9. The predicted molar refractivity (Wildman–Crippen MR) is 72.2 cm³/mol. The van der Waals surface area contributed by atoms with Crippen molar-refractivity contribution in [3.63, 3.8) is 0 Å². The first-order chi connectivity index (χ1) is 9.16. The lowest BCUT2D eigenvalue weighted by molar-refractivity contribution is 0.0496. The maximum atomic E-state index is 11.2. The molecule has 0 saturated carbocycles. The Morgan fingerprint density at radius 3 is 3.21 bits per heavy atom. The predicted octanol–water partition coefficient (Wildman–Crippen LogP) is 3.11. The van der Waals surface area contributed by atoms with Crippen LogP contribution in [-0.2, 0) is 18.6 Å². The second-order valence-electron chi connectivity index (χ2n) is 5.04. The maximum Gasteiger partial charge on any atom is 0.136 e. The standard InChI is InChI=1S/C14H17ClN2O2/c1-2-7-17-13(11(15)9-16-17)14(18)6-3-4-12-10(14)5-8-19-12/h5,8-9,18H,2-4,6-7H2,1H3. The Morgan fingerprint density at radius 1 is 1.58 bits per heavy atom. The molecule has 2 heterocycles. The van der Waals surface area contributed by atoms with Gasteiger partial charge in [0, 0.05) is 18.5 Å². The number of aliphatic hydroxyl groups is 1. The van der Waals surface area contributed by atoms with Gasteiger partial charge in [0.25, 0.3) is 0 Å². The highest BCUT2D eigenvalue weighted by molar-refractivity contribution is 6.31. The molecule has 3 rings (SSSR count). The molecule has 1 atom stereocenters. The molecule has 5 heteroatoms. The van der Waals surface area contributed by atoms with Gasteiger partial charge in [0.15, 0.2) is 0 Å². The van der Waals surface area contributed by atoms with Crippen molar-refractivity contribution in [1.29, 1.82) is 0 Å². The van der Waals surface area contributed by atoms with E-state index in [0.29, 0.717) is 17.1 Å². The third kappa shape index (κ3) is 1.90. The average Bonchev–Trinajstić information content (AvgIpc) is 2.98. The van der Waals surface area contributed by atoms with E-state index in [1.54, 1.807) is 12.5 Å². The zero-order chi connectivity index (χ0) is 13.5. The summed E-state index contributed by atoms with van der Waals surface area (Å²) in [7, 11) is 0. The van der Waals surface area contributed by atoms with Gasteiger partial charge in [0.1, 0.15) is 11.4 Å². The maximum absolute atomic E-state index is 11.2. The number of aromatic nitrogens is 2. The van der Waals surface area contributed by atoms with E-state index in [9.17, 15) is 5.11 Å². The van der Waals surface area contributed by atoms with E-state index in [-0.39, 0.29) is 0 Å². The van der Waals surface area contributed by atoms with Gasteiger partial charge in [0.05, 0.1) is 23.2 Å². The summed E-state index contributed by atoms with van der Waals surface area (Å²) >= 11 is 6.26. The Balaban J connectivity index is 2.14. The third-order valence-corrected chi connectivity index (χ3v) is 4.03. The molecule has 0 spiro atoms. The molecule has 1 N–H and O–H groups in total. The van der Waals surface area contributed by atoms with Crippen LogP contribution >= 0.6 is 11.6 Å². The lowest BCUT2D eigenvalue weighted by Crippen LogP contribution is -2.34. The monoisotopic (exact) mass is 280 g/mol. The van der Waals surface area contributed by atoms with Gasteiger partial charge >= 0.3 is 0 Å². The third-order valence-electron chi connectivity index (χ3n) is 3.76. The van der Waals surface area contributed by atoms with Crippen molar-refractivity contribution >= 4 is 11.6 Å². The number of rotatable bonds is 3. The van der Waals surface area contributed by atoms with Gasteiger partial charge in [-0.15, -0.1) is 0 Å². The number of nitrogens with zero attached hydrogens (tertiary/aromatic N) is 2. The summed E-state index contributed by atoms with van der Waals surface area (Å²) in [5.74, 6) is 0.856. The highest BCUT2D eigenvalue weighted by Gasteiger charge is 2.42. The molecule has 0 fully saturated rings. The lowest BCUT2D eigenvalue weighted by atomic mass is 9.80. The lowest BCUT2D eigenvalue weighted by Gasteiger charge is -2.32. The fourth-order valence-corrected chi connectivity index (χ4v) is 3.24. The number of halogens is 1. The van der Waals surface area contributed by atoms with Crippen LogP contribution in [0.2, 0.25) is 5.02 Å². The summed E-state index contributed by atoms with van der Waals surface area (Å²) in [5, 5.41) is 16.0. The van der Waals surface area contributed by atoms with E-state index in [4.69, 9.17) is 16.0 Å². The van der Waals surface area contributed by atoms with Crippen LogP contribution in [0.4, 0.5) is 0 Å². The van der Waals surface area contributed by atoms with E-state index in [1.807, 2.05) is 10.7 Å². The first kappa shape index (κ1) is 12.8. The summed E-state index contributed by atoms with van der Waals surface area (Å²) in [4.78, 5) is 0. The Labute approximate surface area is 117 Å². The summed E-state index contributed by atoms with van der Waals surface area (Å²) < 4.78 is 7.27. The van der Waals surface area contributed by atoms with Crippen LogP contribution < -0.4 is 0 Å². The van der Waals surface area contributed by atoms with Gasteiger partial charge in [-0.3, -0.25) is 4.68 Å². The molecule has 0 amide bonds. The van der Waals surface area contributed by atoms with Gasteiger partial charge in [-0.25, -0.2) is 0 Å². The highest BCUT2D eigenvalue weighted by atomic mass is 35.5. The van der Waals surface area contributed by atoms with Crippen molar-refractivity contribution in [2.24, 2.45) is 0 Å². The van der Waals surface area contributed by atoms with Crippen molar-refractivity contribution < 1.29 is 9.52 Å². The van der Waals surface area contributed by atoms with Crippen molar-refractivity contribution in [1.82, 2.24) is 9.78 Å². The second kappa shape index (κ2) is 4.69. The fourth-order valence-electron chi connectivity index (χ4n) is 2.94. The van der Waals surface area contributed by atoms with Gasteiger partial charge < -0.3 is 9.52 Å². The fraction of sp³-hybridized carbons (Fsp3) is 0.500. The summed E-state index contributed by atoms with van der Waals surface area (Å²) in [5.41, 5.74) is 0.445. The minimum Gasteiger partial charge on any atom is -0.469 e. The van der Waals surface area contributed by atoms with Crippen LogP contribution in [0.3, 0.4) is 0 Å². The minimum absolute atomic E-state index is 0.519. The molecule has 4 nitrogen and oxygen atoms in total. The smallest absolute Gasteiger partial charge is 0.136 e. The first-order valence-electron chi connectivity index (χ1n) is 6.68. The van der Waals surface area contributed by atoms with Gasteiger partial charge in [-0.2, -0.15) is 5.10 Å². The van der Waals surface area contributed by atoms with E-state index in [2.05, 4.69) is 12.0 Å². The molecule has 2 aromatic rings. The topological polar surface area (TPSA) is 51.2 Å². The van der Waals surface area contributed by atoms with E-state index >= 15 is 0 Å². The Bertz CT molecular complexity index is 590. The molecule has 0 bridgehead atoms. The number of fused-ring (bicyclic) bond motifs is 1. The molecule has 1 unspecified atom stereocenters. The molecular formula is C14H17ClN2O2. The number of hydrogen-bond acceptors (Lipinski definition) is 3. The first-order valence-corrected chi connectivity index (χ1v) is 7.05. The van der Waals surface area contributed by atoms with E-state index < -0.39 is 5.60 Å². The largest absolute Gasteiger partial charge is 0.469 e. The normalized spacial score (nSPS) is 22.5. The highest BCUT2D eigenvalue weighted by Crippen LogP contribution is 2.43. The molecule has 1 aliphatic carbocycles. The second-order valence-corrected chi connectivity index (χ2v) is 5.44. The van der Waals surface area contributed by atoms with Crippen molar-refractivity contribution in [2.45, 2.75) is 44.8 Å².